The zero-order valence-corrected chi connectivity index (χ0v) is 10.2. The van der Waals surface area contributed by atoms with Gasteiger partial charge in [-0.2, -0.15) is 8.42 Å². The number of hydrogen-bond acceptors (Lipinski definition) is 6. The van der Waals surface area contributed by atoms with Crippen molar-refractivity contribution in [2.75, 3.05) is 10.5 Å². The van der Waals surface area contributed by atoms with E-state index >= 15 is 0 Å². The summed E-state index contributed by atoms with van der Waals surface area (Å²) < 4.78 is 50.7. The van der Waals surface area contributed by atoms with E-state index in [1.54, 1.807) is 0 Å². The molecule has 6 nitrogen and oxygen atoms in total. The summed E-state index contributed by atoms with van der Waals surface area (Å²) in [5.74, 6) is -2.23. The first-order valence-electron chi connectivity index (χ1n) is 4.45. The maximum atomic E-state index is 12.9. The van der Waals surface area contributed by atoms with Gasteiger partial charge in [0.25, 0.3) is 14.4 Å². The van der Waals surface area contributed by atoms with Crippen molar-refractivity contribution < 1.29 is 17.2 Å². The van der Waals surface area contributed by atoms with Crippen molar-refractivity contribution in [3.8, 4) is 0 Å². The largest absolute Gasteiger partial charge is 0.374 e. The Morgan fingerprint density at radius 2 is 1.94 bits per heavy atom. The SMILES string of the molecule is Nc1nnc(S(=O)(=O)Nc2ccc(F)c(F)c2)s1. The maximum absolute atomic E-state index is 12.9. The highest BCUT2D eigenvalue weighted by molar-refractivity contribution is 7.94. The predicted octanol–water partition coefficient (Wildman–Crippen LogP) is 1.20. The molecule has 2 rings (SSSR count). The van der Waals surface area contributed by atoms with Gasteiger partial charge in [0.2, 0.25) is 5.13 Å². The summed E-state index contributed by atoms with van der Waals surface area (Å²) in [5, 5.41) is 6.68. The molecule has 3 N–H and O–H groups in total. The molecule has 0 fully saturated rings. The number of nitrogen functional groups attached to an aromatic ring is 1. The Hall–Kier alpha value is -1.81. The highest BCUT2D eigenvalue weighted by Gasteiger charge is 2.20. The van der Waals surface area contributed by atoms with Crippen molar-refractivity contribution in [1.29, 1.82) is 0 Å². The smallest absolute Gasteiger partial charge is 0.291 e. The van der Waals surface area contributed by atoms with E-state index in [2.05, 4.69) is 10.2 Å². The molecule has 96 valence electrons. The number of benzene rings is 1. The number of sulfonamides is 1. The number of aromatic nitrogens is 2. The summed E-state index contributed by atoms with van der Waals surface area (Å²) >= 11 is 0.659. The van der Waals surface area contributed by atoms with Gasteiger partial charge in [-0.1, -0.05) is 11.3 Å². The van der Waals surface area contributed by atoms with Gasteiger partial charge in [0.1, 0.15) is 0 Å². The fraction of sp³-hybridized carbons (Fsp3) is 0. The second kappa shape index (κ2) is 4.46. The van der Waals surface area contributed by atoms with Gasteiger partial charge in [-0.15, -0.1) is 10.2 Å². The number of halogens is 2. The fourth-order valence-corrected chi connectivity index (χ4v) is 2.92. The van der Waals surface area contributed by atoms with Crippen molar-refractivity contribution in [3.05, 3.63) is 29.8 Å². The number of rotatable bonds is 3. The van der Waals surface area contributed by atoms with Gasteiger partial charge >= 0.3 is 0 Å². The quantitative estimate of drug-likeness (QED) is 0.885. The first-order chi connectivity index (χ1) is 8.38. The van der Waals surface area contributed by atoms with Gasteiger partial charge in [-0.25, -0.2) is 8.78 Å². The Bertz CT molecular complexity index is 686. The monoisotopic (exact) mass is 292 g/mol. The van der Waals surface area contributed by atoms with E-state index in [4.69, 9.17) is 5.73 Å². The third-order valence-corrected chi connectivity index (χ3v) is 4.32. The molecule has 0 saturated carbocycles. The first kappa shape index (κ1) is 12.6. The van der Waals surface area contributed by atoms with E-state index in [0.717, 1.165) is 18.2 Å². The molecule has 0 aliphatic rings. The van der Waals surface area contributed by atoms with Crippen LogP contribution in [0.25, 0.3) is 0 Å². The number of anilines is 2. The van der Waals surface area contributed by atoms with Gasteiger partial charge in [-0.05, 0) is 12.1 Å². The molecule has 0 radical (unpaired) electrons. The summed E-state index contributed by atoms with van der Waals surface area (Å²) in [4.78, 5) is 0. The summed E-state index contributed by atoms with van der Waals surface area (Å²) in [5.41, 5.74) is 5.13. The molecule has 0 atom stereocenters. The average molecular weight is 292 g/mol. The molecule has 0 unspecified atom stereocenters. The molecular formula is C8H6F2N4O2S2. The third-order valence-electron chi connectivity index (χ3n) is 1.82. The van der Waals surface area contributed by atoms with Crippen LogP contribution < -0.4 is 10.5 Å². The van der Waals surface area contributed by atoms with Crippen LogP contribution in [0.5, 0.6) is 0 Å². The molecule has 2 aromatic rings. The highest BCUT2D eigenvalue weighted by atomic mass is 32.2. The molecule has 1 aromatic carbocycles. The van der Waals surface area contributed by atoms with Crippen molar-refractivity contribution in [2.24, 2.45) is 0 Å². The van der Waals surface area contributed by atoms with Crippen LogP contribution in [0.15, 0.2) is 22.5 Å². The number of hydrogen-bond donors (Lipinski definition) is 2. The molecule has 10 heteroatoms. The molecule has 0 aliphatic heterocycles. The molecule has 0 aliphatic carbocycles. The maximum Gasteiger partial charge on any atom is 0.291 e. The van der Waals surface area contributed by atoms with Gasteiger partial charge in [0.05, 0.1) is 5.69 Å². The second-order valence-corrected chi connectivity index (χ2v) is 6.01. The summed E-state index contributed by atoms with van der Waals surface area (Å²) in [6.07, 6.45) is 0. The average Bonchev–Trinajstić information content (AvgIpc) is 2.71. The predicted molar refractivity (Wildman–Crippen MR) is 61.5 cm³/mol. The lowest BCUT2D eigenvalue weighted by molar-refractivity contribution is 0.509. The van der Waals surface area contributed by atoms with Crippen LogP contribution >= 0.6 is 11.3 Å². The number of nitrogens with zero attached hydrogens (tertiary/aromatic N) is 2. The molecule has 0 amide bonds. The van der Waals surface area contributed by atoms with E-state index in [1.165, 1.54) is 0 Å². The normalized spacial score (nSPS) is 11.4. The van der Waals surface area contributed by atoms with Crippen LogP contribution in [0, 0.1) is 11.6 Å². The zero-order chi connectivity index (χ0) is 13.3. The van der Waals surface area contributed by atoms with Crippen LogP contribution in [0.3, 0.4) is 0 Å². The molecule has 1 heterocycles. The number of nitrogens with one attached hydrogen (secondary N) is 1. The lowest BCUT2D eigenvalue weighted by atomic mass is 10.3. The minimum Gasteiger partial charge on any atom is -0.374 e. The fourth-order valence-electron chi connectivity index (χ4n) is 1.09. The highest BCUT2D eigenvalue weighted by Crippen LogP contribution is 2.21. The van der Waals surface area contributed by atoms with Crippen molar-refractivity contribution >= 4 is 32.2 Å². The Balaban J connectivity index is 2.30. The molecule has 18 heavy (non-hydrogen) atoms. The molecular weight excluding hydrogens is 286 g/mol. The molecule has 1 aromatic heterocycles. The van der Waals surface area contributed by atoms with Crippen LogP contribution in [-0.4, -0.2) is 18.6 Å². The van der Waals surface area contributed by atoms with E-state index in [0.29, 0.717) is 11.3 Å². The Morgan fingerprint density at radius 3 is 2.50 bits per heavy atom. The second-order valence-electron chi connectivity index (χ2n) is 3.14. The van der Waals surface area contributed by atoms with Crippen molar-refractivity contribution in [1.82, 2.24) is 10.2 Å². The standard InChI is InChI=1S/C8H6F2N4O2S2/c9-5-2-1-4(3-6(5)10)14-18(15,16)8-13-12-7(11)17-8/h1-3,14H,(H2,11,12). The van der Waals surface area contributed by atoms with Crippen LogP contribution in [-0.2, 0) is 10.0 Å². The minimum absolute atomic E-state index is 0.0133. The van der Waals surface area contributed by atoms with E-state index in [9.17, 15) is 17.2 Å². The topological polar surface area (TPSA) is 98.0 Å². The minimum atomic E-state index is -4.00. The number of nitrogens with two attached hydrogens (primary N) is 1. The summed E-state index contributed by atoms with van der Waals surface area (Å²) in [6.45, 7) is 0. The molecule has 0 spiro atoms. The van der Waals surface area contributed by atoms with Crippen molar-refractivity contribution in [2.45, 2.75) is 4.34 Å². The van der Waals surface area contributed by atoms with E-state index < -0.39 is 21.7 Å². The Labute approximate surface area is 105 Å². The Kier molecular flexibility index (Phi) is 3.13. The van der Waals surface area contributed by atoms with Crippen LogP contribution in [0.1, 0.15) is 0 Å². The van der Waals surface area contributed by atoms with Crippen molar-refractivity contribution in [3.63, 3.8) is 0 Å². The van der Waals surface area contributed by atoms with Gasteiger partial charge in [-0.3, -0.25) is 4.72 Å². The summed E-state index contributed by atoms with van der Waals surface area (Å²) in [6, 6.07) is 2.61. The van der Waals surface area contributed by atoms with Crippen LogP contribution in [0.2, 0.25) is 0 Å². The zero-order valence-electron chi connectivity index (χ0n) is 8.59. The lowest BCUT2D eigenvalue weighted by Gasteiger charge is -2.04. The first-order valence-corrected chi connectivity index (χ1v) is 6.75. The van der Waals surface area contributed by atoms with Gasteiger partial charge in [0.15, 0.2) is 11.6 Å². The van der Waals surface area contributed by atoms with E-state index in [-0.39, 0.29) is 15.2 Å². The molecule has 0 saturated heterocycles. The van der Waals surface area contributed by atoms with Gasteiger partial charge < -0.3 is 5.73 Å². The van der Waals surface area contributed by atoms with Crippen LogP contribution in [0.4, 0.5) is 19.6 Å². The third kappa shape index (κ3) is 2.54. The van der Waals surface area contributed by atoms with Gasteiger partial charge in [0, 0.05) is 6.07 Å². The lowest BCUT2D eigenvalue weighted by Crippen LogP contribution is -2.13. The summed E-state index contributed by atoms with van der Waals surface area (Å²) in [7, 11) is -4.00. The van der Waals surface area contributed by atoms with E-state index in [1.807, 2.05) is 4.72 Å². The molecule has 0 bridgehead atoms. The Morgan fingerprint density at radius 1 is 1.22 bits per heavy atom.